The Bertz CT molecular complexity index is 691. The average molecular weight is 351 g/mol. The molecule has 1 fully saturated rings. The first-order valence-electron chi connectivity index (χ1n) is 8.16. The lowest BCUT2D eigenvalue weighted by molar-refractivity contribution is -0.137. The minimum absolute atomic E-state index is 0.140. The van der Waals surface area contributed by atoms with Crippen molar-refractivity contribution in [3.05, 3.63) is 71.3 Å². The summed E-state index contributed by atoms with van der Waals surface area (Å²) in [5, 5.41) is 9.66. The van der Waals surface area contributed by atoms with E-state index in [-0.39, 0.29) is 12.6 Å². The van der Waals surface area contributed by atoms with E-state index in [0.29, 0.717) is 25.3 Å². The van der Waals surface area contributed by atoms with Crippen molar-refractivity contribution in [2.24, 2.45) is 0 Å². The van der Waals surface area contributed by atoms with Gasteiger partial charge in [-0.1, -0.05) is 48.5 Å². The lowest BCUT2D eigenvalue weighted by atomic mass is 9.97. The van der Waals surface area contributed by atoms with Crippen LogP contribution in [-0.2, 0) is 17.5 Å². The number of benzene rings is 2. The number of morpholine rings is 1. The van der Waals surface area contributed by atoms with E-state index in [1.807, 2.05) is 30.3 Å². The zero-order valence-corrected chi connectivity index (χ0v) is 13.6. The van der Waals surface area contributed by atoms with Gasteiger partial charge in [0, 0.05) is 13.1 Å². The second-order valence-corrected chi connectivity index (χ2v) is 6.12. The van der Waals surface area contributed by atoms with Gasteiger partial charge in [0.05, 0.1) is 24.8 Å². The zero-order chi connectivity index (χ0) is 17.9. The molecule has 1 heterocycles. The molecule has 3 nitrogen and oxygen atoms in total. The van der Waals surface area contributed by atoms with Crippen molar-refractivity contribution in [2.45, 2.75) is 24.9 Å². The van der Waals surface area contributed by atoms with Crippen molar-refractivity contribution in [3.63, 3.8) is 0 Å². The minimum atomic E-state index is -4.35. The largest absolute Gasteiger partial charge is 0.416 e. The molecule has 1 aliphatic heterocycles. The zero-order valence-electron chi connectivity index (χ0n) is 13.6. The van der Waals surface area contributed by atoms with E-state index in [0.717, 1.165) is 11.6 Å². The molecule has 0 bridgehead atoms. The van der Waals surface area contributed by atoms with Gasteiger partial charge in [0.25, 0.3) is 0 Å². The fourth-order valence-electron chi connectivity index (χ4n) is 3.27. The molecule has 0 amide bonds. The summed E-state index contributed by atoms with van der Waals surface area (Å²) in [5.41, 5.74) is 0.927. The third-order valence-corrected chi connectivity index (χ3v) is 4.42. The Morgan fingerprint density at radius 1 is 1.08 bits per heavy atom. The van der Waals surface area contributed by atoms with Gasteiger partial charge >= 0.3 is 6.18 Å². The molecule has 134 valence electrons. The predicted molar refractivity (Wildman–Crippen MR) is 87.9 cm³/mol. The molecular weight excluding hydrogens is 331 g/mol. The van der Waals surface area contributed by atoms with E-state index in [2.05, 4.69) is 4.90 Å². The third-order valence-electron chi connectivity index (χ3n) is 4.42. The topological polar surface area (TPSA) is 32.7 Å². The molecule has 0 radical (unpaired) electrons. The molecule has 6 heteroatoms. The van der Waals surface area contributed by atoms with E-state index in [4.69, 9.17) is 4.74 Å². The van der Waals surface area contributed by atoms with Crippen LogP contribution in [0.25, 0.3) is 0 Å². The maximum atomic E-state index is 12.9. The van der Waals surface area contributed by atoms with Crippen LogP contribution in [0, 0.1) is 0 Å². The second-order valence-electron chi connectivity index (χ2n) is 6.12. The molecule has 2 aromatic carbocycles. The van der Waals surface area contributed by atoms with Crippen molar-refractivity contribution in [3.8, 4) is 0 Å². The van der Waals surface area contributed by atoms with Crippen LogP contribution in [0.4, 0.5) is 13.2 Å². The normalized spacial score (nSPS) is 22.1. The Labute approximate surface area is 144 Å². The maximum absolute atomic E-state index is 12.9. The van der Waals surface area contributed by atoms with Crippen LogP contribution < -0.4 is 0 Å². The summed E-state index contributed by atoms with van der Waals surface area (Å²) < 4.78 is 44.5. The quantitative estimate of drug-likeness (QED) is 0.913. The van der Waals surface area contributed by atoms with Crippen molar-refractivity contribution < 1.29 is 23.0 Å². The molecular formula is C19H20F3NO2. The predicted octanol–water partition coefficient (Wildman–Crippen LogP) is 3.64. The number of hydrogen-bond acceptors (Lipinski definition) is 3. The smallest absolute Gasteiger partial charge is 0.394 e. The number of alkyl halides is 3. The maximum Gasteiger partial charge on any atom is 0.416 e. The molecule has 25 heavy (non-hydrogen) atoms. The number of rotatable bonds is 4. The van der Waals surface area contributed by atoms with Gasteiger partial charge in [0.15, 0.2) is 0 Å². The van der Waals surface area contributed by atoms with Crippen molar-refractivity contribution in [1.82, 2.24) is 4.90 Å². The Kier molecular flexibility index (Phi) is 5.42. The first kappa shape index (κ1) is 17.9. The van der Waals surface area contributed by atoms with Crippen LogP contribution in [0.15, 0.2) is 54.6 Å². The molecule has 1 aliphatic rings. The molecule has 2 atom stereocenters. The lowest BCUT2D eigenvalue weighted by Crippen LogP contribution is -2.46. The molecule has 0 unspecified atom stereocenters. The van der Waals surface area contributed by atoms with Gasteiger partial charge in [-0.15, -0.1) is 0 Å². The van der Waals surface area contributed by atoms with E-state index in [1.165, 1.54) is 12.1 Å². The van der Waals surface area contributed by atoms with Gasteiger partial charge in [0.1, 0.15) is 6.10 Å². The van der Waals surface area contributed by atoms with Crippen molar-refractivity contribution in [2.75, 3.05) is 19.8 Å². The molecule has 2 aromatic rings. The SMILES string of the molecule is OC[C@H]1OCCN(Cc2cccc(C(F)(F)F)c2)[C@@H]1c1ccccc1. The summed E-state index contributed by atoms with van der Waals surface area (Å²) in [5.74, 6) is 0. The Morgan fingerprint density at radius 2 is 1.84 bits per heavy atom. The van der Waals surface area contributed by atoms with Crippen LogP contribution in [-0.4, -0.2) is 35.9 Å². The standard InChI is InChI=1S/C19H20F3NO2/c20-19(21,22)16-8-4-5-14(11-16)12-23-9-10-25-17(13-24)18(23)15-6-2-1-3-7-15/h1-8,11,17-18,24H,9-10,12-13H2/t17-,18-/m1/s1. The van der Waals surface area contributed by atoms with Crippen LogP contribution in [0.3, 0.4) is 0 Å². The van der Waals surface area contributed by atoms with Gasteiger partial charge in [0.2, 0.25) is 0 Å². The average Bonchev–Trinajstić information content (AvgIpc) is 2.62. The lowest BCUT2D eigenvalue weighted by Gasteiger charge is -2.41. The number of hydrogen-bond donors (Lipinski definition) is 1. The summed E-state index contributed by atoms with van der Waals surface area (Å²) in [6, 6.07) is 14.8. The summed E-state index contributed by atoms with van der Waals surface area (Å²) in [7, 11) is 0. The number of aliphatic hydroxyl groups is 1. The van der Waals surface area contributed by atoms with Gasteiger partial charge in [-0.25, -0.2) is 0 Å². The van der Waals surface area contributed by atoms with E-state index in [1.54, 1.807) is 6.07 Å². The van der Waals surface area contributed by atoms with Crippen LogP contribution in [0.5, 0.6) is 0 Å². The van der Waals surface area contributed by atoms with Crippen LogP contribution in [0.1, 0.15) is 22.7 Å². The molecule has 1 saturated heterocycles. The highest BCUT2D eigenvalue weighted by Crippen LogP contribution is 2.33. The molecule has 0 aliphatic carbocycles. The van der Waals surface area contributed by atoms with Crippen LogP contribution >= 0.6 is 0 Å². The minimum Gasteiger partial charge on any atom is -0.394 e. The molecule has 0 aromatic heterocycles. The molecule has 0 spiro atoms. The van der Waals surface area contributed by atoms with E-state index in [9.17, 15) is 18.3 Å². The van der Waals surface area contributed by atoms with Gasteiger partial charge in [-0.05, 0) is 17.2 Å². The highest BCUT2D eigenvalue weighted by molar-refractivity contribution is 5.27. The Hall–Kier alpha value is -1.89. The highest BCUT2D eigenvalue weighted by atomic mass is 19.4. The van der Waals surface area contributed by atoms with E-state index < -0.39 is 17.8 Å². The summed E-state index contributed by atoms with van der Waals surface area (Å²) in [6.45, 7) is 1.25. The van der Waals surface area contributed by atoms with Gasteiger partial charge in [-0.2, -0.15) is 13.2 Å². The summed E-state index contributed by atoms with van der Waals surface area (Å²) >= 11 is 0. The van der Waals surface area contributed by atoms with Gasteiger partial charge < -0.3 is 9.84 Å². The van der Waals surface area contributed by atoms with Crippen LogP contribution in [0.2, 0.25) is 0 Å². The highest BCUT2D eigenvalue weighted by Gasteiger charge is 2.34. The number of nitrogens with zero attached hydrogens (tertiary/aromatic N) is 1. The van der Waals surface area contributed by atoms with E-state index >= 15 is 0 Å². The molecule has 3 rings (SSSR count). The second kappa shape index (κ2) is 7.56. The first-order valence-corrected chi connectivity index (χ1v) is 8.16. The Balaban J connectivity index is 1.86. The first-order chi connectivity index (χ1) is 12.0. The number of ether oxygens (including phenoxy) is 1. The fourth-order valence-corrected chi connectivity index (χ4v) is 3.27. The summed E-state index contributed by atoms with van der Waals surface area (Å²) in [4.78, 5) is 2.06. The third kappa shape index (κ3) is 4.21. The number of halogens is 3. The van der Waals surface area contributed by atoms with Crippen molar-refractivity contribution >= 4 is 0 Å². The summed E-state index contributed by atoms with van der Waals surface area (Å²) in [6.07, 6.45) is -4.75. The van der Waals surface area contributed by atoms with Gasteiger partial charge in [-0.3, -0.25) is 4.90 Å². The van der Waals surface area contributed by atoms with Crippen molar-refractivity contribution in [1.29, 1.82) is 0 Å². The Morgan fingerprint density at radius 3 is 2.52 bits per heavy atom. The fraction of sp³-hybridized carbons (Fsp3) is 0.368. The molecule has 1 N–H and O–H groups in total. The monoisotopic (exact) mass is 351 g/mol. The molecule has 0 saturated carbocycles. The number of aliphatic hydroxyl groups excluding tert-OH is 1.